The highest BCUT2D eigenvalue weighted by atomic mass is 16.5. The number of nitrogens with one attached hydrogen (secondary N) is 2. The lowest BCUT2D eigenvalue weighted by atomic mass is 9.78. The van der Waals surface area contributed by atoms with Crippen LogP contribution in [-0.4, -0.2) is 43.2 Å². The van der Waals surface area contributed by atoms with E-state index in [0.717, 1.165) is 0 Å². The topological polar surface area (TPSA) is 117 Å². The molecule has 3 aromatic rings. The van der Waals surface area contributed by atoms with Crippen LogP contribution in [0.5, 0.6) is 11.5 Å². The molecule has 0 saturated carbocycles. The fraction of sp³-hybridized carbons (Fsp3) is 0.0909. The van der Waals surface area contributed by atoms with E-state index < -0.39 is 18.9 Å². The predicted octanol–water partition coefficient (Wildman–Crippen LogP) is 1.89. The van der Waals surface area contributed by atoms with Crippen LogP contribution < -0.4 is 25.6 Å². The van der Waals surface area contributed by atoms with Gasteiger partial charge in [-0.3, -0.25) is 9.59 Å². The van der Waals surface area contributed by atoms with Crippen molar-refractivity contribution in [2.45, 2.75) is 0 Å². The molecular formula is C22H21BN2O6. The van der Waals surface area contributed by atoms with Crippen molar-refractivity contribution in [3.05, 3.63) is 77.9 Å². The summed E-state index contributed by atoms with van der Waals surface area (Å²) in [6, 6.07) is 17.4. The van der Waals surface area contributed by atoms with Gasteiger partial charge in [0.05, 0.1) is 25.6 Å². The SMILES string of the molecule is COc1ccc(C(=O)Nc2cccc(B(O)O)c2NC(=O)c2ccc(OC)cc2)cc1. The minimum Gasteiger partial charge on any atom is -0.497 e. The Morgan fingerprint density at radius 2 is 1.23 bits per heavy atom. The fourth-order valence-electron chi connectivity index (χ4n) is 2.89. The molecule has 0 radical (unpaired) electrons. The van der Waals surface area contributed by atoms with Crippen molar-refractivity contribution < 1.29 is 29.1 Å². The Labute approximate surface area is 179 Å². The van der Waals surface area contributed by atoms with Gasteiger partial charge in [0.25, 0.3) is 11.8 Å². The number of ether oxygens (including phenoxy) is 2. The molecule has 158 valence electrons. The maximum absolute atomic E-state index is 12.7. The first kappa shape index (κ1) is 21.9. The van der Waals surface area contributed by atoms with Gasteiger partial charge in [-0.1, -0.05) is 12.1 Å². The average Bonchev–Trinajstić information content (AvgIpc) is 2.80. The van der Waals surface area contributed by atoms with Gasteiger partial charge in [0, 0.05) is 16.6 Å². The number of carbonyl (C=O) groups is 2. The van der Waals surface area contributed by atoms with Gasteiger partial charge in [0.1, 0.15) is 11.5 Å². The molecule has 0 aliphatic rings. The highest BCUT2D eigenvalue weighted by Crippen LogP contribution is 2.23. The summed E-state index contributed by atoms with van der Waals surface area (Å²) >= 11 is 0. The van der Waals surface area contributed by atoms with Crippen molar-refractivity contribution in [1.82, 2.24) is 0 Å². The second-order valence-electron chi connectivity index (χ2n) is 6.51. The Morgan fingerprint density at radius 1 is 0.742 bits per heavy atom. The molecule has 0 spiro atoms. The quantitative estimate of drug-likeness (QED) is 0.434. The third-order valence-electron chi connectivity index (χ3n) is 4.57. The van der Waals surface area contributed by atoms with E-state index in [4.69, 9.17) is 9.47 Å². The van der Waals surface area contributed by atoms with Crippen LogP contribution in [0.25, 0.3) is 0 Å². The first-order chi connectivity index (χ1) is 14.9. The summed E-state index contributed by atoms with van der Waals surface area (Å²) in [6.07, 6.45) is 0. The summed E-state index contributed by atoms with van der Waals surface area (Å²) in [5.41, 5.74) is 1.03. The normalized spacial score (nSPS) is 10.2. The van der Waals surface area contributed by atoms with Crippen molar-refractivity contribution >= 4 is 35.8 Å². The minimum atomic E-state index is -1.86. The van der Waals surface area contributed by atoms with Crippen LogP contribution in [0, 0.1) is 0 Å². The Balaban J connectivity index is 1.89. The largest absolute Gasteiger partial charge is 0.497 e. The number of methoxy groups -OCH3 is 2. The van der Waals surface area contributed by atoms with E-state index >= 15 is 0 Å². The zero-order valence-electron chi connectivity index (χ0n) is 17.0. The van der Waals surface area contributed by atoms with Gasteiger partial charge in [-0.25, -0.2) is 0 Å². The Kier molecular flexibility index (Phi) is 6.91. The van der Waals surface area contributed by atoms with Crippen molar-refractivity contribution in [1.29, 1.82) is 0 Å². The van der Waals surface area contributed by atoms with E-state index in [1.807, 2.05) is 0 Å². The number of para-hydroxylation sites is 1. The first-order valence-electron chi connectivity index (χ1n) is 9.32. The van der Waals surface area contributed by atoms with Crippen LogP contribution in [0.15, 0.2) is 66.7 Å². The molecule has 0 aliphatic heterocycles. The molecule has 0 fully saturated rings. The van der Waals surface area contributed by atoms with E-state index in [1.165, 1.54) is 20.3 Å². The van der Waals surface area contributed by atoms with Gasteiger partial charge < -0.3 is 30.2 Å². The number of amides is 2. The van der Waals surface area contributed by atoms with E-state index in [1.54, 1.807) is 60.7 Å². The number of carbonyl (C=O) groups excluding carboxylic acids is 2. The summed E-state index contributed by atoms with van der Waals surface area (Å²) in [5, 5.41) is 24.9. The fourth-order valence-corrected chi connectivity index (χ4v) is 2.89. The summed E-state index contributed by atoms with van der Waals surface area (Å²) in [7, 11) is 1.19. The molecule has 3 rings (SSSR count). The maximum atomic E-state index is 12.7. The van der Waals surface area contributed by atoms with Crippen molar-refractivity contribution in [3.63, 3.8) is 0 Å². The van der Waals surface area contributed by atoms with Crippen LogP contribution in [0.2, 0.25) is 0 Å². The van der Waals surface area contributed by atoms with Gasteiger partial charge >= 0.3 is 7.12 Å². The summed E-state index contributed by atoms with van der Waals surface area (Å²) < 4.78 is 10.2. The van der Waals surface area contributed by atoms with Gasteiger partial charge in [-0.15, -0.1) is 0 Å². The summed E-state index contributed by atoms with van der Waals surface area (Å²) in [6.45, 7) is 0. The van der Waals surface area contributed by atoms with E-state index in [0.29, 0.717) is 22.6 Å². The molecule has 4 N–H and O–H groups in total. The lowest BCUT2D eigenvalue weighted by molar-refractivity contribution is 0.101. The van der Waals surface area contributed by atoms with Crippen molar-refractivity contribution in [3.8, 4) is 11.5 Å². The first-order valence-corrected chi connectivity index (χ1v) is 9.32. The molecular weight excluding hydrogens is 399 g/mol. The van der Waals surface area contributed by atoms with Crippen LogP contribution in [-0.2, 0) is 0 Å². The number of rotatable bonds is 7. The smallest absolute Gasteiger partial charge is 0.490 e. The van der Waals surface area contributed by atoms with Gasteiger partial charge in [-0.05, 0) is 54.6 Å². The standard InChI is InChI=1S/C22H21BN2O6/c1-30-16-10-6-14(7-11-16)21(26)24-19-5-3-4-18(23(28)29)20(19)25-22(27)15-8-12-17(31-2)13-9-15/h3-13,28-29H,1-2H3,(H,24,26)(H,25,27). The molecule has 9 heteroatoms. The third kappa shape index (κ3) is 5.22. The predicted molar refractivity (Wildman–Crippen MR) is 118 cm³/mol. The molecule has 31 heavy (non-hydrogen) atoms. The lowest BCUT2D eigenvalue weighted by Gasteiger charge is -2.17. The average molecular weight is 420 g/mol. The molecule has 0 aliphatic carbocycles. The molecule has 0 bridgehead atoms. The molecule has 0 saturated heterocycles. The molecule has 3 aromatic carbocycles. The van der Waals surface area contributed by atoms with E-state index in [2.05, 4.69) is 10.6 Å². The van der Waals surface area contributed by atoms with E-state index in [-0.39, 0.29) is 16.8 Å². The molecule has 0 heterocycles. The van der Waals surface area contributed by atoms with E-state index in [9.17, 15) is 19.6 Å². The van der Waals surface area contributed by atoms with Gasteiger partial charge in [0.2, 0.25) is 0 Å². The Morgan fingerprint density at radius 3 is 1.68 bits per heavy atom. The van der Waals surface area contributed by atoms with Crippen LogP contribution in [0.1, 0.15) is 20.7 Å². The molecule has 0 unspecified atom stereocenters. The number of anilines is 2. The molecule has 8 nitrogen and oxygen atoms in total. The summed E-state index contributed by atoms with van der Waals surface area (Å²) in [5.74, 6) is 0.271. The molecule has 0 atom stereocenters. The zero-order valence-corrected chi connectivity index (χ0v) is 17.0. The van der Waals surface area contributed by atoms with Crippen LogP contribution >= 0.6 is 0 Å². The maximum Gasteiger partial charge on any atom is 0.490 e. The monoisotopic (exact) mass is 420 g/mol. The Bertz CT molecular complexity index is 1070. The highest BCUT2D eigenvalue weighted by Gasteiger charge is 2.22. The second kappa shape index (κ2) is 9.79. The third-order valence-corrected chi connectivity index (χ3v) is 4.57. The zero-order chi connectivity index (χ0) is 22.4. The molecule has 0 aromatic heterocycles. The minimum absolute atomic E-state index is 0.0365. The Hall–Kier alpha value is -3.82. The van der Waals surface area contributed by atoms with Crippen LogP contribution in [0.4, 0.5) is 11.4 Å². The number of benzene rings is 3. The van der Waals surface area contributed by atoms with Gasteiger partial charge in [0.15, 0.2) is 0 Å². The van der Waals surface area contributed by atoms with Crippen molar-refractivity contribution in [2.24, 2.45) is 0 Å². The second-order valence-corrected chi connectivity index (χ2v) is 6.51. The van der Waals surface area contributed by atoms with Crippen LogP contribution in [0.3, 0.4) is 0 Å². The van der Waals surface area contributed by atoms with Crippen molar-refractivity contribution in [2.75, 3.05) is 24.9 Å². The number of hydrogen-bond donors (Lipinski definition) is 4. The highest BCUT2D eigenvalue weighted by molar-refractivity contribution is 6.61. The lowest BCUT2D eigenvalue weighted by Crippen LogP contribution is -2.34. The summed E-state index contributed by atoms with van der Waals surface area (Å²) in [4.78, 5) is 25.4. The molecule has 2 amide bonds. The number of hydrogen-bond acceptors (Lipinski definition) is 6. The van der Waals surface area contributed by atoms with Gasteiger partial charge in [-0.2, -0.15) is 0 Å².